The normalized spacial score (nSPS) is 10.8. The fourth-order valence-corrected chi connectivity index (χ4v) is 3.45. The number of methoxy groups -OCH3 is 1. The summed E-state index contributed by atoms with van der Waals surface area (Å²) in [5, 5.41) is 10.6. The number of rotatable bonds is 7. The molecule has 1 aromatic carbocycles. The van der Waals surface area contributed by atoms with E-state index in [0.29, 0.717) is 27.8 Å². The van der Waals surface area contributed by atoms with Gasteiger partial charge in [0, 0.05) is 23.8 Å². The number of benzene rings is 1. The number of amides is 2. The van der Waals surface area contributed by atoms with E-state index in [1.54, 1.807) is 25.1 Å². The fourth-order valence-electron chi connectivity index (χ4n) is 2.97. The first-order valence-corrected chi connectivity index (χ1v) is 10.6. The van der Waals surface area contributed by atoms with E-state index in [1.807, 2.05) is 13.8 Å². The summed E-state index contributed by atoms with van der Waals surface area (Å²) in [6.45, 7) is 6.22. The lowest BCUT2D eigenvalue weighted by atomic mass is 10.1. The second-order valence-corrected chi connectivity index (χ2v) is 8.34. The molecule has 3 aromatic rings. The van der Waals surface area contributed by atoms with Gasteiger partial charge >= 0.3 is 0 Å². The van der Waals surface area contributed by atoms with Crippen molar-refractivity contribution in [2.45, 2.75) is 20.8 Å². The SMILES string of the molecule is COc1cc(C(=O)Nc2c(C)cc(Cl)cc2C(=O)NCC(C)C)n(-c2ncccc2Cl)n1. The Morgan fingerprint density at radius 2 is 1.94 bits per heavy atom. The largest absolute Gasteiger partial charge is 0.480 e. The Morgan fingerprint density at radius 1 is 1.19 bits per heavy atom. The lowest BCUT2D eigenvalue weighted by molar-refractivity contribution is 0.0950. The van der Waals surface area contributed by atoms with E-state index in [1.165, 1.54) is 30.1 Å². The second-order valence-electron chi connectivity index (χ2n) is 7.50. The van der Waals surface area contributed by atoms with Gasteiger partial charge in [-0.3, -0.25) is 9.59 Å². The number of pyridine rings is 1. The number of aromatic nitrogens is 3. The average Bonchev–Trinajstić information content (AvgIpc) is 3.18. The standard InChI is InChI=1S/C22H23Cl2N5O3/c1-12(2)11-26-21(30)15-9-14(23)8-13(3)19(15)27-22(31)17-10-18(32-4)28-29(17)20-16(24)6-5-7-25-20/h5-10,12H,11H2,1-4H3,(H,26,30)(H,27,31). The zero-order valence-electron chi connectivity index (χ0n) is 18.1. The van der Waals surface area contributed by atoms with Crippen molar-refractivity contribution in [1.29, 1.82) is 0 Å². The predicted molar refractivity (Wildman–Crippen MR) is 124 cm³/mol. The van der Waals surface area contributed by atoms with E-state index < -0.39 is 5.91 Å². The van der Waals surface area contributed by atoms with Crippen LogP contribution in [0.4, 0.5) is 5.69 Å². The molecule has 32 heavy (non-hydrogen) atoms. The van der Waals surface area contributed by atoms with Crippen LogP contribution in [-0.4, -0.2) is 40.2 Å². The number of hydrogen-bond acceptors (Lipinski definition) is 5. The number of aryl methyl sites for hydroxylation is 1. The second kappa shape index (κ2) is 10.0. The molecule has 0 aliphatic carbocycles. The molecule has 2 aromatic heterocycles. The molecule has 0 bridgehead atoms. The highest BCUT2D eigenvalue weighted by atomic mass is 35.5. The van der Waals surface area contributed by atoms with Crippen molar-refractivity contribution in [2.75, 3.05) is 19.0 Å². The summed E-state index contributed by atoms with van der Waals surface area (Å²) in [5.41, 5.74) is 1.37. The summed E-state index contributed by atoms with van der Waals surface area (Å²) in [5.74, 6) is -0.114. The Hall–Kier alpha value is -3.10. The van der Waals surface area contributed by atoms with Gasteiger partial charge in [-0.1, -0.05) is 37.0 Å². The van der Waals surface area contributed by atoms with E-state index in [4.69, 9.17) is 27.9 Å². The average molecular weight is 476 g/mol. The van der Waals surface area contributed by atoms with Gasteiger partial charge in [0.2, 0.25) is 5.88 Å². The Bertz CT molecular complexity index is 1160. The minimum atomic E-state index is -0.522. The molecule has 168 valence electrons. The van der Waals surface area contributed by atoms with Crippen LogP contribution in [0.2, 0.25) is 10.0 Å². The van der Waals surface area contributed by atoms with Gasteiger partial charge in [-0.15, -0.1) is 5.10 Å². The van der Waals surface area contributed by atoms with Crippen molar-refractivity contribution in [3.8, 4) is 11.7 Å². The molecule has 2 heterocycles. The van der Waals surface area contributed by atoms with Gasteiger partial charge in [0.05, 0.1) is 23.4 Å². The van der Waals surface area contributed by atoms with Crippen molar-refractivity contribution >= 4 is 40.7 Å². The van der Waals surface area contributed by atoms with Gasteiger partial charge in [-0.25, -0.2) is 9.67 Å². The molecule has 0 aliphatic heterocycles. The molecule has 0 aliphatic rings. The van der Waals surface area contributed by atoms with Gasteiger partial charge in [-0.2, -0.15) is 0 Å². The fraction of sp³-hybridized carbons (Fsp3) is 0.273. The van der Waals surface area contributed by atoms with Gasteiger partial charge in [0.25, 0.3) is 11.8 Å². The minimum Gasteiger partial charge on any atom is -0.480 e. The molecule has 0 saturated heterocycles. The monoisotopic (exact) mass is 475 g/mol. The van der Waals surface area contributed by atoms with Crippen molar-refractivity contribution < 1.29 is 14.3 Å². The Kier molecular flexibility index (Phi) is 7.37. The zero-order chi connectivity index (χ0) is 23.4. The summed E-state index contributed by atoms with van der Waals surface area (Å²) in [7, 11) is 1.44. The smallest absolute Gasteiger partial charge is 0.274 e. The highest BCUT2D eigenvalue weighted by Gasteiger charge is 2.23. The van der Waals surface area contributed by atoms with Gasteiger partial charge in [-0.05, 0) is 42.7 Å². The molecule has 0 saturated carbocycles. The van der Waals surface area contributed by atoms with Gasteiger partial charge in [0.1, 0.15) is 5.69 Å². The lowest BCUT2D eigenvalue weighted by Gasteiger charge is -2.16. The predicted octanol–water partition coefficient (Wildman–Crippen LogP) is 4.53. The third-order valence-electron chi connectivity index (χ3n) is 4.52. The molecule has 0 unspecified atom stereocenters. The summed E-state index contributed by atoms with van der Waals surface area (Å²) >= 11 is 12.4. The van der Waals surface area contributed by atoms with Crippen LogP contribution >= 0.6 is 23.2 Å². The Morgan fingerprint density at radius 3 is 2.59 bits per heavy atom. The van der Waals surface area contributed by atoms with Gasteiger partial charge in [0.15, 0.2) is 5.82 Å². The van der Waals surface area contributed by atoms with Crippen LogP contribution in [0.1, 0.15) is 40.3 Å². The van der Waals surface area contributed by atoms with Crippen molar-refractivity contribution in [3.63, 3.8) is 0 Å². The molecule has 8 nitrogen and oxygen atoms in total. The van der Waals surface area contributed by atoms with E-state index in [2.05, 4.69) is 20.7 Å². The quantitative estimate of drug-likeness (QED) is 0.522. The molecular weight excluding hydrogens is 453 g/mol. The molecular formula is C22H23Cl2N5O3. The molecule has 10 heteroatoms. The van der Waals surface area contributed by atoms with E-state index in [0.717, 1.165) is 0 Å². The highest BCUT2D eigenvalue weighted by molar-refractivity contribution is 6.32. The Balaban J connectivity index is 2.00. The first-order valence-electron chi connectivity index (χ1n) is 9.86. The maximum atomic E-state index is 13.3. The zero-order valence-corrected chi connectivity index (χ0v) is 19.6. The molecule has 0 fully saturated rings. The first kappa shape index (κ1) is 23.6. The number of nitrogens with zero attached hydrogens (tertiary/aromatic N) is 3. The number of nitrogens with one attached hydrogen (secondary N) is 2. The number of carbonyl (C=O) groups is 2. The number of halogens is 2. The van der Waals surface area contributed by atoms with Crippen LogP contribution < -0.4 is 15.4 Å². The number of ether oxygens (including phenoxy) is 1. The third kappa shape index (κ3) is 5.20. The minimum absolute atomic E-state index is 0.130. The lowest BCUT2D eigenvalue weighted by Crippen LogP contribution is -2.29. The summed E-state index contributed by atoms with van der Waals surface area (Å²) in [6, 6.07) is 7.97. The maximum Gasteiger partial charge on any atom is 0.274 e. The number of hydrogen-bond donors (Lipinski definition) is 2. The topological polar surface area (TPSA) is 98.1 Å². The molecule has 2 amide bonds. The Labute approximate surface area is 195 Å². The van der Waals surface area contributed by atoms with Crippen LogP contribution in [0.3, 0.4) is 0 Å². The van der Waals surface area contributed by atoms with E-state index in [9.17, 15) is 9.59 Å². The molecule has 3 rings (SSSR count). The van der Waals surface area contributed by atoms with E-state index in [-0.39, 0.29) is 34.8 Å². The van der Waals surface area contributed by atoms with Crippen molar-refractivity contribution in [2.24, 2.45) is 5.92 Å². The van der Waals surface area contributed by atoms with Crippen molar-refractivity contribution in [1.82, 2.24) is 20.1 Å². The third-order valence-corrected chi connectivity index (χ3v) is 5.04. The summed E-state index contributed by atoms with van der Waals surface area (Å²) < 4.78 is 6.48. The van der Waals surface area contributed by atoms with Crippen LogP contribution in [0.15, 0.2) is 36.5 Å². The van der Waals surface area contributed by atoms with Crippen LogP contribution in [0.5, 0.6) is 5.88 Å². The van der Waals surface area contributed by atoms with Crippen LogP contribution in [-0.2, 0) is 0 Å². The number of carbonyl (C=O) groups excluding carboxylic acids is 2. The maximum absolute atomic E-state index is 13.3. The molecule has 0 atom stereocenters. The molecule has 2 N–H and O–H groups in total. The van der Waals surface area contributed by atoms with E-state index >= 15 is 0 Å². The summed E-state index contributed by atoms with van der Waals surface area (Å²) in [6.07, 6.45) is 1.54. The van der Waals surface area contributed by atoms with Gasteiger partial charge < -0.3 is 15.4 Å². The molecule has 0 radical (unpaired) electrons. The van der Waals surface area contributed by atoms with Crippen LogP contribution in [0.25, 0.3) is 5.82 Å². The van der Waals surface area contributed by atoms with Crippen molar-refractivity contribution in [3.05, 3.63) is 63.4 Å². The highest BCUT2D eigenvalue weighted by Crippen LogP contribution is 2.28. The number of anilines is 1. The molecule has 0 spiro atoms. The van der Waals surface area contributed by atoms with Crippen LogP contribution in [0, 0.1) is 12.8 Å². The first-order chi connectivity index (χ1) is 15.2. The summed E-state index contributed by atoms with van der Waals surface area (Å²) in [4.78, 5) is 30.3.